The van der Waals surface area contributed by atoms with E-state index in [1.165, 1.54) is 32.4 Å². The van der Waals surface area contributed by atoms with E-state index >= 15 is 0 Å². The first kappa shape index (κ1) is 5.88. The van der Waals surface area contributed by atoms with E-state index in [4.69, 9.17) is 0 Å². The van der Waals surface area contributed by atoms with Crippen LogP contribution in [0.5, 0.6) is 0 Å². The number of nitrogens with zero attached hydrogens (tertiary/aromatic N) is 1. The fraction of sp³-hybridized carbons (Fsp3) is 1.00. The summed E-state index contributed by atoms with van der Waals surface area (Å²) in [6, 6.07) is 0. The first-order valence-corrected chi connectivity index (χ1v) is 3.97. The van der Waals surface area contributed by atoms with Gasteiger partial charge in [-0.15, -0.1) is 0 Å². The van der Waals surface area contributed by atoms with Crippen molar-refractivity contribution in [1.82, 2.24) is 3.15 Å². The molecule has 1 aliphatic rings. The molecule has 1 aliphatic heterocycles. The molecule has 0 aliphatic carbocycles. The van der Waals surface area contributed by atoms with Crippen molar-refractivity contribution in [3.8, 4) is 0 Å². The average molecular weight is 213 g/mol. The predicted octanol–water partition coefficient (Wildman–Crippen LogP) is 0.288. The Morgan fingerprint density at radius 1 is 1.00 bits per heavy atom. The Kier molecular flexibility index (Phi) is 2.45. The van der Waals surface area contributed by atoms with E-state index in [-0.39, 0.29) is 0 Å². The summed E-state index contributed by atoms with van der Waals surface area (Å²) >= 11 is 1.87. The van der Waals surface area contributed by atoms with E-state index in [0.717, 1.165) is 0 Å². The van der Waals surface area contributed by atoms with Gasteiger partial charge in [-0.1, -0.05) is 0 Å². The van der Waals surface area contributed by atoms with E-state index in [9.17, 15) is 0 Å². The van der Waals surface area contributed by atoms with Gasteiger partial charge in [0, 0.05) is 0 Å². The number of hydrogen-bond donors (Lipinski definition) is 0. The Morgan fingerprint density at radius 2 is 1.57 bits per heavy atom. The number of piperidine rings is 1. The molecule has 0 saturated carbocycles. The molecular formula is C5H11NTe. The van der Waals surface area contributed by atoms with Gasteiger partial charge in [0.2, 0.25) is 0 Å². The third-order valence-corrected chi connectivity index (χ3v) is 2.47. The second kappa shape index (κ2) is 2.91. The molecule has 1 rings (SSSR count). The van der Waals surface area contributed by atoms with E-state index < -0.39 is 0 Å². The van der Waals surface area contributed by atoms with Gasteiger partial charge in [-0.25, -0.2) is 0 Å². The van der Waals surface area contributed by atoms with Gasteiger partial charge in [-0.2, -0.15) is 0 Å². The van der Waals surface area contributed by atoms with E-state index in [1.807, 2.05) is 22.6 Å². The third-order valence-electron chi connectivity index (χ3n) is 1.33. The van der Waals surface area contributed by atoms with Crippen LogP contribution in [-0.4, -0.2) is 38.8 Å². The van der Waals surface area contributed by atoms with Gasteiger partial charge in [0.1, 0.15) is 0 Å². The molecule has 0 bridgehead atoms. The van der Waals surface area contributed by atoms with E-state index in [0.29, 0.717) is 0 Å². The van der Waals surface area contributed by atoms with Crippen LogP contribution in [-0.2, 0) is 0 Å². The molecule has 0 unspecified atom stereocenters. The Balaban J connectivity index is 2.12. The number of rotatable bonds is 0. The molecule has 0 aromatic carbocycles. The van der Waals surface area contributed by atoms with Crippen molar-refractivity contribution < 1.29 is 0 Å². The van der Waals surface area contributed by atoms with Gasteiger partial charge in [-0.3, -0.25) is 0 Å². The molecule has 7 heavy (non-hydrogen) atoms. The number of hydrogen-bond acceptors (Lipinski definition) is 1. The maximum atomic E-state index is 2.44. The van der Waals surface area contributed by atoms with Crippen LogP contribution in [0.15, 0.2) is 0 Å². The normalized spacial score (nSPS) is 25.3. The van der Waals surface area contributed by atoms with Crippen molar-refractivity contribution in [2.24, 2.45) is 0 Å². The van der Waals surface area contributed by atoms with Crippen molar-refractivity contribution in [1.29, 1.82) is 0 Å². The molecule has 2 heteroatoms. The zero-order valence-electron chi connectivity index (χ0n) is 4.43. The van der Waals surface area contributed by atoms with Crippen LogP contribution in [0.25, 0.3) is 0 Å². The van der Waals surface area contributed by atoms with Crippen LogP contribution in [0.2, 0.25) is 0 Å². The van der Waals surface area contributed by atoms with Crippen molar-refractivity contribution in [2.75, 3.05) is 13.1 Å². The summed E-state index contributed by atoms with van der Waals surface area (Å²) in [6.45, 7) is 2.68. The summed E-state index contributed by atoms with van der Waals surface area (Å²) in [6.07, 6.45) is 4.31. The van der Waals surface area contributed by atoms with Crippen molar-refractivity contribution in [3.63, 3.8) is 0 Å². The van der Waals surface area contributed by atoms with Crippen molar-refractivity contribution in [2.45, 2.75) is 19.3 Å². The predicted molar refractivity (Wildman–Crippen MR) is 32.6 cm³/mol. The molecular weight excluding hydrogens is 202 g/mol. The first-order valence-electron chi connectivity index (χ1n) is 2.83. The Bertz CT molecular complexity index is 50.0. The van der Waals surface area contributed by atoms with Crippen LogP contribution in [0.3, 0.4) is 0 Å². The standard InChI is InChI=1S/C5H11NTe/c7-6-4-2-1-3-5-6/h7H,1-5H2. The zero-order chi connectivity index (χ0) is 5.11. The second-order valence-electron chi connectivity index (χ2n) is 2.01. The Hall–Kier alpha value is 0.750. The zero-order valence-corrected chi connectivity index (χ0v) is 6.98. The molecule has 1 fully saturated rings. The molecule has 0 radical (unpaired) electrons. The van der Waals surface area contributed by atoms with Crippen LogP contribution in [0.1, 0.15) is 19.3 Å². The van der Waals surface area contributed by atoms with Crippen LogP contribution < -0.4 is 0 Å². The topological polar surface area (TPSA) is 3.24 Å². The SMILES string of the molecule is [TeH]N1CCCCC1. The molecule has 0 amide bonds. The molecule has 1 nitrogen and oxygen atoms in total. The minimum absolute atomic E-state index is 1.34. The molecule has 0 aromatic rings. The molecule has 0 spiro atoms. The van der Waals surface area contributed by atoms with Crippen LogP contribution in [0.4, 0.5) is 0 Å². The van der Waals surface area contributed by atoms with Crippen molar-refractivity contribution >= 4 is 22.6 Å². The van der Waals surface area contributed by atoms with Crippen LogP contribution >= 0.6 is 0 Å². The first-order chi connectivity index (χ1) is 3.39. The molecule has 1 heterocycles. The summed E-state index contributed by atoms with van der Waals surface area (Å²) < 4.78 is 2.44. The fourth-order valence-electron chi connectivity index (χ4n) is 0.877. The fourth-order valence-corrected chi connectivity index (χ4v) is 1.68. The van der Waals surface area contributed by atoms with Gasteiger partial charge in [0.25, 0.3) is 0 Å². The Labute approximate surface area is 58.3 Å². The Morgan fingerprint density at radius 3 is 1.86 bits per heavy atom. The summed E-state index contributed by atoms with van der Waals surface area (Å²) in [5.74, 6) is 0. The summed E-state index contributed by atoms with van der Waals surface area (Å²) in [4.78, 5) is 0. The van der Waals surface area contributed by atoms with E-state index in [1.54, 1.807) is 0 Å². The quantitative estimate of drug-likeness (QED) is 0.522. The summed E-state index contributed by atoms with van der Waals surface area (Å²) in [5, 5.41) is 0. The molecule has 42 valence electrons. The van der Waals surface area contributed by atoms with Gasteiger partial charge in [-0.05, 0) is 0 Å². The summed E-state index contributed by atoms with van der Waals surface area (Å²) in [5.41, 5.74) is 0. The summed E-state index contributed by atoms with van der Waals surface area (Å²) in [7, 11) is 0. The molecule has 1 saturated heterocycles. The maximum absolute atomic E-state index is 2.44. The van der Waals surface area contributed by atoms with Gasteiger partial charge < -0.3 is 0 Å². The molecule has 0 aromatic heterocycles. The van der Waals surface area contributed by atoms with E-state index in [2.05, 4.69) is 3.15 Å². The van der Waals surface area contributed by atoms with Gasteiger partial charge in [0.05, 0.1) is 0 Å². The molecule has 0 atom stereocenters. The molecule has 0 N–H and O–H groups in total. The van der Waals surface area contributed by atoms with Crippen molar-refractivity contribution in [3.05, 3.63) is 0 Å². The second-order valence-corrected chi connectivity index (χ2v) is 3.63. The average Bonchev–Trinajstić information content (AvgIpc) is 1.69. The third kappa shape index (κ3) is 1.99. The van der Waals surface area contributed by atoms with Crippen LogP contribution in [0, 0.1) is 0 Å². The van der Waals surface area contributed by atoms with Gasteiger partial charge in [0.15, 0.2) is 0 Å². The monoisotopic (exact) mass is 215 g/mol. The van der Waals surface area contributed by atoms with Gasteiger partial charge >= 0.3 is 58.1 Å². The minimum atomic E-state index is 1.34.